The summed E-state index contributed by atoms with van der Waals surface area (Å²) >= 11 is 0. The first-order valence-electron chi connectivity index (χ1n) is 7.77. The molecule has 1 heterocycles. The van der Waals surface area contributed by atoms with E-state index in [0.717, 1.165) is 18.0 Å². The lowest BCUT2D eigenvalue weighted by Crippen LogP contribution is -2.45. The lowest BCUT2D eigenvalue weighted by Gasteiger charge is -2.40. The fourth-order valence-electron chi connectivity index (χ4n) is 3.39. The van der Waals surface area contributed by atoms with Crippen molar-refractivity contribution in [2.24, 2.45) is 5.92 Å². The fraction of sp³-hybridized carbons (Fsp3) is 1.00. The molecule has 2 aliphatic rings. The standard InChI is InChI=1S/C15H30N2/c1-3-10-16-14-4-6-15(7-5-14)17-11-8-13(2)9-12-17/h13-16H,3-12H2,1-2H3. The number of rotatable bonds is 4. The monoisotopic (exact) mass is 238 g/mol. The second-order valence-corrected chi connectivity index (χ2v) is 6.18. The fourth-order valence-corrected chi connectivity index (χ4v) is 3.39. The van der Waals surface area contributed by atoms with Crippen molar-refractivity contribution in [2.75, 3.05) is 19.6 Å². The van der Waals surface area contributed by atoms with Gasteiger partial charge in [-0.1, -0.05) is 13.8 Å². The van der Waals surface area contributed by atoms with Gasteiger partial charge in [0.2, 0.25) is 0 Å². The van der Waals surface area contributed by atoms with Crippen molar-refractivity contribution >= 4 is 0 Å². The molecule has 0 unspecified atom stereocenters. The SMILES string of the molecule is CCCNC1CCC(N2CCC(C)CC2)CC1. The van der Waals surface area contributed by atoms with Crippen LogP contribution in [0.1, 0.15) is 58.8 Å². The average Bonchev–Trinajstić information content (AvgIpc) is 2.38. The van der Waals surface area contributed by atoms with Crippen molar-refractivity contribution in [1.29, 1.82) is 0 Å². The summed E-state index contributed by atoms with van der Waals surface area (Å²) in [6.45, 7) is 8.59. The predicted molar refractivity (Wildman–Crippen MR) is 74.3 cm³/mol. The molecule has 0 radical (unpaired) electrons. The number of nitrogens with one attached hydrogen (secondary N) is 1. The molecule has 0 aromatic carbocycles. The lowest BCUT2D eigenvalue weighted by atomic mass is 9.88. The quantitative estimate of drug-likeness (QED) is 0.810. The Morgan fingerprint density at radius 1 is 1.00 bits per heavy atom. The smallest absolute Gasteiger partial charge is 0.00964 e. The lowest BCUT2D eigenvalue weighted by molar-refractivity contribution is 0.103. The van der Waals surface area contributed by atoms with Crippen molar-refractivity contribution in [3.05, 3.63) is 0 Å². The molecule has 0 aromatic rings. The van der Waals surface area contributed by atoms with Crippen LogP contribution in [0, 0.1) is 5.92 Å². The number of hydrogen-bond acceptors (Lipinski definition) is 2. The van der Waals surface area contributed by atoms with Crippen LogP contribution in [0.3, 0.4) is 0 Å². The number of nitrogens with zero attached hydrogens (tertiary/aromatic N) is 1. The van der Waals surface area contributed by atoms with E-state index in [9.17, 15) is 0 Å². The summed E-state index contributed by atoms with van der Waals surface area (Å²) in [6.07, 6.45) is 9.77. The molecule has 1 aliphatic heterocycles. The van der Waals surface area contributed by atoms with E-state index in [0.29, 0.717) is 0 Å². The van der Waals surface area contributed by atoms with Gasteiger partial charge in [0.05, 0.1) is 0 Å². The molecule has 1 aliphatic carbocycles. The highest BCUT2D eigenvalue weighted by Gasteiger charge is 2.27. The van der Waals surface area contributed by atoms with Gasteiger partial charge in [-0.25, -0.2) is 0 Å². The Hall–Kier alpha value is -0.0800. The zero-order chi connectivity index (χ0) is 12.1. The first kappa shape index (κ1) is 13.4. The molecular formula is C15H30N2. The zero-order valence-corrected chi connectivity index (χ0v) is 11.8. The predicted octanol–water partition coefficient (Wildman–Crippen LogP) is 3.03. The summed E-state index contributed by atoms with van der Waals surface area (Å²) in [6, 6.07) is 1.72. The molecular weight excluding hydrogens is 208 g/mol. The Kier molecular flexibility index (Phi) is 5.30. The van der Waals surface area contributed by atoms with E-state index < -0.39 is 0 Å². The third kappa shape index (κ3) is 3.96. The van der Waals surface area contributed by atoms with Crippen LogP contribution in [-0.4, -0.2) is 36.6 Å². The van der Waals surface area contributed by atoms with Crippen LogP contribution >= 0.6 is 0 Å². The molecule has 1 saturated heterocycles. The van der Waals surface area contributed by atoms with Gasteiger partial charge in [0.15, 0.2) is 0 Å². The van der Waals surface area contributed by atoms with E-state index >= 15 is 0 Å². The maximum Gasteiger partial charge on any atom is 0.00964 e. The summed E-state index contributed by atoms with van der Waals surface area (Å²) in [5.41, 5.74) is 0. The molecule has 0 spiro atoms. The molecule has 1 N–H and O–H groups in total. The second kappa shape index (κ2) is 6.75. The maximum absolute atomic E-state index is 3.68. The molecule has 2 heteroatoms. The number of likely N-dealkylation sites (tertiary alicyclic amines) is 1. The second-order valence-electron chi connectivity index (χ2n) is 6.18. The van der Waals surface area contributed by atoms with Crippen LogP contribution in [0.5, 0.6) is 0 Å². The Morgan fingerprint density at radius 3 is 2.24 bits per heavy atom. The van der Waals surface area contributed by atoms with Gasteiger partial charge in [0, 0.05) is 12.1 Å². The minimum Gasteiger partial charge on any atom is -0.314 e. The number of hydrogen-bond donors (Lipinski definition) is 1. The molecule has 0 aromatic heterocycles. The first-order valence-corrected chi connectivity index (χ1v) is 7.77. The summed E-state index contributed by atoms with van der Waals surface area (Å²) < 4.78 is 0. The van der Waals surface area contributed by atoms with Crippen LogP contribution in [0.25, 0.3) is 0 Å². The van der Waals surface area contributed by atoms with Gasteiger partial charge in [0.1, 0.15) is 0 Å². The minimum atomic E-state index is 0.815. The van der Waals surface area contributed by atoms with Gasteiger partial charge >= 0.3 is 0 Å². The van der Waals surface area contributed by atoms with Gasteiger partial charge in [0.25, 0.3) is 0 Å². The van der Waals surface area contributed by atoms with Crippen molar-refractivity contribution in [2.45, 2.75) is 70.9 Å². The Morgan fingerprint density at radius 2 is 1.65 bits per heavy atom. The number of piperidine rings is 1. The third-order valence-electron chi connectivity index (χ3n) is 4.71. The largest absolute Gasteiger partial charge is 0.314 e. The molecule has 2 nitrogen and oxygen atoms in total. The normalized spacial score (nSPS) is 32.8. The molecule has 100 valence electrons. The highest BCUT2D eigenvalue weighted by molar-refractivity contribution is 4.84. The van der Waals surface area contributed by atoms with Gasteiger partial charge in [-0.2, -0.15) is 0 Å². The highest BCUT2D eigenvalue weighted by Crippen LogP contribution is 2.27. The van der Waals surface area contributed by atoms with Gasteiger partial charge in [-0.3, -0.25) is 0 Å². The van der Waals surface area contributed by atoms with E-state index in [1.54, 1.807) is 0 Å². The summed E-state index contributed by atoms with van der Waals surface area (Å²) in [5, 5.41) is 3.68. The molecule has 1 saturated carbocycles. The van der Waals surface area contributed by atoms with Crippen LogP contribution in [0.15, 0.2) is 0 Å². The van der Waals surface area contributed by atoms with E-state index in [2.05, 4.69) is 24.1 Å². The maximum atomic E-state index is 3.68. The van der Waals surface area contributed by atoms with Crippen LogP contribution in [-0.2, 0) is 0 Å². The topological polar surface area (TPSA) is 15.3 Å². The van der Waals surface area contributed by atoms with Gasteiger partial charge < -0.3 is 10.2 Å². The molecule has 0 bridgehead atoms. The first-order chi connectivity index (χ1) is 8.29. The van der Waals surface area contributed by atoms with Crippen LogP contribution < -0.4 is 5.32 Å². The third-order valence-corrected chi connectivity index (χ3v) is 4.71. The van der Waals surface area contributed by atoms with Crippen molar-refractivity contribution in [3.63, 3.8) is 0 Å². The zero-order valence-electron chi connectivity index (χ0n) is 11.8. The van der Waals surface area contributed by atoms with E-state index in [4.69, 9.17) is 0 Å². The van der Waals surface area contributed by atoms with E-state index in [-0.39, 0.29) is 0 Å². The highest BCUT2D eigenvalue weighted by atomic mass is 15.2. The summed E-state index contributed by atoms with van der Waals surface area (Å²) in [5.74, 6) is 0.966. The van der Waals surface area contributed by atoms with Crippen LogP contribution in [0.2, 0.25) is 0 Å². The van der Waals surface area contributed by atoms with Crippen molar-refractivity contribution in [1.82, 2.24) is 10.2 Å². The average molecular weight is 238 g/mol. The molecule has 0 amide bonds. The van der Waals surface area contributed by atoms with Crippen LogP contribution in [0.4, 0.5) is 0 Å². The molecule has 17 heavy (non-hydrogen) atoms. The molecule has 2 rings (SSSR count). The van der Waals surface area contributed by atoms with E-state index in [1.807, 2.05) is 0 Å². The van der Waals surface area contributed by atoms with Gasteiger partial charge in [-0.05, 0) is 70.5 Å². The summed E-state index contributed by atoms with van der Waals surface area (Å²) in [4.78, 5) is 2.77. The molecule has 0 atom stereocenters. The van der Waals surface area contributed by atoms with Gasteiger partial charge in [-0.15, -0.1) is 0 Å². The van der Waals surface area contributed by atoms with Crippen molar-refractivity contribution < 1.29 is 0 Å². The Balaban J connectivity index is 1.68. The van der Waals surface area contributed by atoms with Crippen molar-refractivity contribution in [3.8, 4) is 0 Å². The Labute approximate surface area is 107 Å². The minimum absolute atomic E-state index is 0.815. The molecule has 2 fully saturated rings. The van der Waals surface area contributed by atoms with E-state index in [1.165, 1.54) is 64.6 Å². The Bertz CT molecular complexity index is 201. The summed E-state index contributed by atoms with van der Waals surface area (Å²) in [7, 11) is 0.